The first-order valence-corrected chi connectivity index (χ1v) is 12.2. The molecule has 2 heterocycles. The zero-order valence-corrected chi connectivity index (χ0v) is 21.4. The fourth-order valence-electron chi connectivity index (χ4n) is 3.81. The average molecular weight is 500 g/mol. The summed E-state index contributed by atoms with van der Waals surface area (Å²) in [6, 6.07) is 16.9. The molecule has 4 aromatic rings. The predicted molar refractivity (Wildman–Crippen MR) is 135 cm³/mol. The maximum absolute atomic E-state index is 12.3. The lowest BCUT2D eigenvalue weighted by atomic mass is 10.1. The molecule has 35 heavy (non-hydrogen) atoms. The molecule has 11 heteroatoms. The Labute approximate surface area is 204 Å². The van der Waals surface area contributed by atoms with Crippen LogP contribution >= 0.6 is 0 Å². The largest absolute Gasteiger partial charge is 0.726 e. The van der Waals surface area contributed by atoms with E-state index in [0.717, 1.165) is 30.7 Å². The van der Waals surface area contributed by atoms with E-state index in [0.29, 0.717) is 0 Å². The molecule has 0 fully saturated rings. The summed E-state index contributed by atoms with van der Waals surface area (Å²) in [5, 5.41) is 8.89. The third-order valence-corrected chi connectivity index (χ3v) is 6.27. The van der Waals surface area contributed by atoms with Crippen molar-refractivity contribution < 1.29 is 21.7 Å². The number of rotatable bonds is 5. The summed E-state index contributed by atoms with van der Waals surface area (Å²) in [6.07, 6.45) is 1.73. The van der Waals surface area contributed by atoms with E-state index in [9.17, 15) is 17.8 Å². The molecule has 10 nitrogen and oxygen atoms in total. The monoisotopic (exact) mass is 499 g/mol. The number of nitrogens with zero attached hydrogens (tertiary/aromatic N) is 5. The minimum Gasteiger partial charge on any atom is -0.726 e. The van der Waals surface area contributed by atoms with Gasteiger partial charge in [0.1, 0.15) is 5.69 Å². The van der Waals surface area contributed by atoms with E-state index in [4.69, 9.17) is 0 Å². The molecule has 0 aliphatic heterocycles. The molecule has 2 aromatic carbocycles. The zero-order chi connectivity index (χ0) is 25.9. The first kappa shape index (κ1) is 26.1. The van der Waals surface area contributed by atoms with Crippen molar-refractivity contribution in [1.29, 1.82) is 0 Å². The molecule has 0 saturated heterocycles. The highest BCUT2D eigenvalue weighted by Gasteiger charge is 2.13. The molecule has 0 aliphatic carbocycles. The molecule has 0 amide bonds. The fourth-order valence-corrected chi connectivity index (χ4v) is 3.81. The third kappa shape index (κ3) is 5.59. The number of anilines is 1. The van der Waals surface area contributed by atoms with Crippen LogP contribution < -0.4 is 15.3 Å². The van der Waals surface area contributed by atoms with E-state index in [1.807, 2.05) is 25.0 Å². The smallest absolute Gasteiger partial charge is 0.498 e. The first-order valence-electron chi connectivity index (χ1n) is 10.8. The molecule has 0 atom stereocenters. The van der Waals surface area contributed by atoms with Gasteiger partial charge >= 0.3 is 5.69 Å². The molecule has 2 aromatic heterocycles. The molecule has 0 spiro atoms. The Bertz CT molecular complexity index is 1570. The topological polar surface area (TPSA) is 113 Å². The number of fused-ring (bicyclic) bond motifs is 3. The summed E-state index contributed by atoms with van der Waals surface area (Å²) < 4.78 is 36.6. The average Bonchev–Trinajstić information content (AvgIpc) is 3.16. The van der Waals surface area contributed by atoms with Crippen LogP contribution in [0.4, 0.5) is 5.69 Å². The third-order valence-electron chi connectivity index (χ3n) is 5.86. The Morgan fingerprint density at radius 2 is 1.77 bits per heavy atom. The molecule has 0 N–H and O–H groups in total. The quantitative estimate of drug-likeness (QED) is 0.137. The van der Waals surface area contributed by atoms with Crippen LogP contribution in [0.15, 0.2) is 58.4 Å². The van der Waals surface area contributed by atoms with Crippen LogP contribution in [-0.2, 0) is 35.2 Å². The summed E-state index contributed by atoms with van der Waals surface area (Å²) in [7, 11) is 1.85. The standard InChI is InChI=1S/C23H26N5O.CH4O4S/c1-6-28-21-10-8-7-9-19(21)20-14-17(11-12-22(20)28)27(5)24-15-18-13-16(2)25(3)23(29)26(18)4;1-5-6(2,3)4/h7-15H,6H2,1-5H3;1H3,(H,2,3,4)/q+1;/p-1. The van der Waals surface area contributed by atoms with Crippen molar-refractivity contribution in [3.05, 3.63) is 70.4 Å². The Morgan fingerprint density at radius 3 is 2.40 bits per heavy atom. The van der Waals surface area contributed by atoms with Crippen LogP contribution in [-0.4, -0.2) is 42.5 Å². The van der Waals surface area contributed by atoms with Crippen molar-refractivity contribution >= 4 is 44.1 Å². The van der Waals surface area contributed by atoms with Crippen molar-refractivity contribution in [1.82, 2.24) is 9.13 Å². The summed E-state index contributed by atoms with van der Waals surface area (Å²) >= 11 is 0. The second-order valence-electron chi connectivity index (χ2n) is 7.92. The van der Waals surface area contributed by atoms with Gasteiger partial charge in [0.15, 0.2) is 5.69 Å². The van der Waals surface area contributed by atoms with Gasteiger partial charge in [-0.25, -0.2) is 8.42 Å². The molecule has 0 saturated carbocycles. The summed E-state index contributed by atoms with van der Waals surface area (Å²) in [6.45, 7) is 5.01. The van der Waals surface area contributed by atoms with Crippen LogP contribution in [0.25, 0.3) is 21.8 Å². The maximum Gasteiger partial charge on any atom is 0.498 e. The summed E-state index contributed by atoms with van der Waals surface area (Å²) in [5.41, 5.74) is 5.06. The van der Waals surface area contributed by atoms with Crippen molar-refractivity contribution in [2.75, 3.05) is 19.2 Å². The van der Waals surface area contributed by atoms with Crippen molar-refractivity contribution in [2.45, 2.75) is 20.4 Å². The van der Waals surface area contributed by atoms with E-state index in [-0.39, 0.29) is 5.69 Å². The number of hydrogen-bond donors (Lipinski definition) is 0. The van der Waals surface area contributed by atoms with Crippen molar-refractivity contribution in [2.24, 2.45) is 19.2 Å². The van der Waals surface area contributed by atoms with Crippen LogP contribution in [0.2, 0.25) is 0 Å². The van der Waals surface area contributed by atoms with Gasteiger partial charge in [-0.05, 0) is 38.1 Å². The zero-order valence-electron chi connectivity index (χ0n) is 20.6. The summed E-state index contributed by atoms with van der Waals surface area (Å²) in [4.78, 5) is 12.3. The van der Waals surface area contributed by atoms with Crippen LogP contribution in [0, 0.1) is 6.92 Å². The number of benzene rings is 2. The van der Waals surface area contributed by atoms with Gasteiger partial charge < -0.3 is 9.12 Å². The Hall–Kier alpha value is -3.54. The van der Waals surface area contributed by atoms with E-state index in [1.54, 1.807) is 29.4 Å². The Kier molecular flexibility index (Phi) is 7.73. The van der Waals surface area contributed by atoms with Crippen LogP contribution in [0.3, 0.4) is 0 Å². The number of hydrazone groups is 1. The number of aryl methyl sites for hydroxylation is 2. The highest BCUT2D eigenvalue weighted by Crippen LogP contribution is 2.31. The molecule has 0 aliphatic rings. The van der Waals surface area contributed by atoms with Gasteiger partial charge in [-0.2, -0.15) is 19.0 Å². The molecule has 0 unspecified atom stereocenters. The lowest BCUT2D eigenvalue weighted by Crippen LogP contribution is -2.54. The lowest BCUT2D eigenvalue weighted by molar-refractivity contribution is -0.691. The van der Waals surface area contributed by atoms with Crippen LogP contribution in [0.1, 0.15) is 18.3 Å². The highest BCUT2D eigenvalue weighted by atomic mass is 32.3. The minimum absolute atomic E-state index is 0.0668. The second-order valence-corrected chi connectivity index (χ2v) is 9.07. The van der Waals surface area contributed by atoms with Gasteiger partial charge in [0.05, 0.1) is 33.1 Å². The van der Waals surface area contributed by atoms with E-state index < -0.39 is 10.4 Å². The molecule has 4 rings (SSSR count). The molecule has 186 valence electrons. The van der Waals surface area contributed by atoms with Gasteiger partial charge in [0.2, 0.25) is 10.4 Å². The van der Waals surface area contributed by atoms with Gasteiger partial charge in [-0.15, -0.1) is 0 Å². The SMILES string of the molecule is CCn1c2ccccc2c2cc(N(C)N=Cc3cc(C)n(C)c(=O)[n+]3C)ccc21.COS(=O)(=O)[O-]. The normalized spacial score (nSPS) is 11.7. The number of hydrogen-bond acceptors (Lipinski definition) is 7. The van der Waals surface area contributed by atoms with Gasteiger partial charge in [0.25, 0.3) is 0 Å². The number of para-hydroxylation sites is 1. The van der Waals surface area contributed by atoms with Gasteiger partial charge in [-0.3, -0.25) is 9.19 Å². The second kappa shape index (κ2) is 10.4. The van der Waals surface area contributed by atoms with E-state index in [1.165, 1.54) is 21.8 Å². The molecule has 0 radical (unpaired) electrons. The van der Waals surface area contributed by atoms with Crippen molar-refractivity contribution in [3.8, 4) is 0 Å². The van der Waals surface area contributed by atoms with Crippen molar-refractivity contribution in [3.63, 3.8) is 0 Å². The van der Waals surface area contributed by atoms with E-state index >= 15 is 0 Å². The maximum atomic E-state index is 12.3. The minimum atomic E-state index is -4.41. The number of aromatic nitrogens is 3. The lowest BCUT2D eigenvalue weighted by Gasteiger charge is -2.13. The fraction of sp³-hybridized carbons (Fsp3) is 0.292. The van der Waals surface area contributed by atoms with E-state index in [2.05, 4.69) is 63.2 Å². The molecule has 0 bridgehead atoms. The molecular weight excluding hydrogens is 470 g/mol. The summed E-state index contributed by atoms with van der Waals surface area (Å²) in [5.74, 6) is 0. The highest BCUT2D eigenvalue weighted by molar-refractivity contribution is 7.80. The molecular formula is C24H29N5O5S. The van der Waals surface area contributed by atoms with Crippen LogP contribution in [0.5, 0.6) is 0 Å². The Morgan fingerprint density at radius 1 is 1.14 bits per heavy atom. The van der Waals surface area contributed by atoms with Gasteiger partial charge in [-0.1, -0.05) is 18.2 Å². The predicted octanol–water partition coefficient (Wildman–Crippen LogP) is 2.21. The Balaban J connectivity index is 0.000000509. The first-order chi connectivity index (χ1) is 16.5. The van der Waals surface area contributed by atoms with Gasteiger partial charge in [0, 0.05) is 41.5 Å².